The van der Waals surface area contributed by atoms with Crippen molar-refractivity contribution >= 4 is 34.3 Å². The lowest BCUT2D eigenvalue weighted by molar-refractivity contribution is -0.141. The molecule has 1 unspecified atom stereocenters. The maximum absolute atomic E-state index is 11.2. The number of fused-ring (bicyclic) bond motifs is 1. The normalized spacial score (nSPS) is 22.6. The highest BCUT2D eigenvalue weighted by Crippen LogP contribution is 2.39. The number of carboxylic acid groups (broad SMARTS) is 1. The standard InChI is InChI=1S/C29H34ClN3O4/c1-29(2,16-34)21-11-13-22(14-12-21)37-28-31-24-15-23(30)25(32-26(24)33-28)19-7-3-17(4-8-19)18-5-9-20(10-6-18)27(35)36/h3-5,7-8,15,20-22,34H,6,9-14,16H2,1-2H3,(H,35,36)(H,31,32,33)/t20?,21-,22-. The second-order valence-electron chi connectivity index (χ2n) is 11.1. The molecule has 0 aliphatic heterocycles. The molecule has 1 saturated carbocycles. The Labute approximate surface area is 221 Å². The number of ether oxygens (including phenoxy) is 1. The molecule has 0 spiro atoms. The average Bonchev–Trinajstić information content (AvgIpc) is 3.29. The number of carboxylic acids is 1. The Morgan fingerprint density at radius 1 is 1.11 bits per heavy atom. The molecule has 7 nitrogen and oxygen atoms in total. The van der Waals surface area contributed by atoms with E-state index in [1.807, 2.05) is 36.4 Å². The van der Waals surface area contributed by atoms with Gasteiger partial charge in [0.1, 0.15) is 6.10 Å². The zero-order valence-electron chi connectivity index (χ0n) is 21.3. The molecule has 37 heavy (non-hydrogen) atoms. The Balaban J connectivity index is 1.28. The quantitative estimate of drug-likeness (QED) is 0.326. The van der Waals surface area contributed by atoms with Crippen LogP contribution in [-0.2, 0) is 4.79 Å². The molecule has 0 saturated heterocycles. The molecule has 0 bridgehead atoms. The smallest absolute Gasteiger partial charge is 0.306 e. The summed E-state index contributed by atoms with van der Waals surface area (Å²) in [5.41, 5.74) is 5.06. The van der Waals surface area contributed by atoms with E-state index in [2.05, 4.69) is 23.8 Å². The first kappa shape index (κ1) is 25.7. The second-order valence-corrected chi connectivity index (χ2v) is 11.5. The number of aromatic nitrogens is 3. The lowest BCUT2D eigenvalue weighted by Crippen LogP contribution is -2.34. The number of aromatic amines is 1. The third kappa shape index (κ3) is 5.53. The SMILES string of the molecule is CC(C)(CO)[C@H]1CC[C@H](Oc2nc3nc(-c4ccc(C5=CCC(C(=O)O)CC5)cc4)c(Cl)cc3[nH]2)CC1. The van der Waals surface area contributed by atoms with Crippen molar-refractivity contribution in [3.05, 3.63) is 47.0 Å². The number of aliphatic hydroxyl groups is 1. The fraction of sp³-hybridized carbons (Fsp3) is 0.483. The van der Waals surface area contributed by atoms with Gasteiger partial charge in [-0.05, 0) is 73.5 Å². The Kier molecular flexibility index (Phi) is 7.28. The summed E-state index contributed by atoms with van der Waals surface area (Å²) < 4.78 is 6.17. The van der Waals surface area contributed by atoms with E-state index in [0.29, 0.717) is 41.1 Å². The summed E-state index contributed by atoms with van der Waals surface area (Å²) in [6.45, 7) is 4.46. The molecule has 0 radical (unpaired) electrons. The Bertz CT molecular complexity index is 1310. The van der Waals surface area contributed by atoms with Crippen LogP contribution in [0.4, 0.5) is 0 Å². The van der Waals surface area contributed by atoms with Gasteiger partial charge in [-0.3, -0.25) is 4.79 Å². The number of nitrogens with zero attached hydrogens (tertiary/aromatic N) is 2. The molecule has 8 heteroatoms. The predicted octanol–water partition coefficient (Wildman–Crippen LogP) is 6.50. The molecule has 2 aromatic heterocycles. The number of H-pyrrole nitrogens is 1. The van der Waals surface area contributed by atoms with E-state index in [0.717, 1.165) is 48.7 Å². The molecule has 2 heterocycles. The van der Waals surface area contributed by atoms with Crippen molar-refractivity contribution in [2.75, 3.05) is 6.61 Å². The molecular formula is C29H34ClN3O4. The summed E-state index contributed by atoms with van der Waals surface area (Å²) >= 11 is 6.61. The molecule has 196 valence electrons. The van der Waals surface area contributed by atoms with E-state index in [-0.39, 0.29) is 24.0 Å². The van der Waals surface area contributed by atoms with E-state index in [9.17, 15) is 15.0 Å². The van der Waals surface area contributed by atoms with Crippen molar-refractivity contribution in [3.63, 3.8) is 0 Å². The van der Waals surface area contributed by atoms with Crippen molar-refractivity contribution < 1.29 is 19.7 Å². The number of pyridine rings is 1. The highest BCUT2D eigenvalue weighted by molar-refractivity contribution is 6.33. The molecule has 1 atom stereocenters. The number of aliphatic hydroxyl groups excluding tert-OH is 1. The number of hydrogen-bond acceptors (Lipinski definition) is 5. The van der Waals surface area contributed by atoms with E-state index >= 15 is 0 Å². The Morgan fingerprint density at radius 3 is 2.43 bits per heavy atom. The maximum atomic E-state index is 11.2. The average molecular weight is 524 g/mol. The minimum Gasteiger partial charge on any atom is -0.481 e. The highest BCUT2D eigenvalue weighted by atomic mass is 35.5. The van der Waals surface area contributed by atoms with Gasteiger partial charge in [-0.25, -0.2) is 4.98 Å². The molecule has 1 aromatic carbocycles. The highest BCUT2D eigenvalue weighted by Gasteiger charge is 2.33. The van der Waals surface area contributed by atoms with Crippen LogP contribution in [-0.4, -0.2) is 43.8 Å². The van der Waals surface area contributed by atoms with E-state index < -0.39 is 5.97 Å². The van der Waals surface area contributed by atoms with Crippen LogP contribution in [0.5, 0.6) is 6.01 Å². The van der Waals surface area contributed by atoms with Gasteiger partial charge < -0.3 is 19.9 Å². The molecule has 1 fully saturated rings. The number of benzene rings is 1. The van der Waals surface area contributed by atoms with Gasteiger partial charge in [0.25, 0.3) is 6.01 Å². The number of aliphatic carboxylic acids is 1. The van der Waals surface area contributed by atoms with Crippen molar-refractivity contribution in [2.45, 2.75) is 64.9 Å². The predicted molar refractivity (Wildman–Crippen MR) is 145 cm³/mol. The van der Waals surface area contributed by atoms with Gasteiger partial charge in [-0.2, -0.15) is 4.98 Å². The van der Waals surface area contributed by atoms with Crippen molar-refractivity contribution in [3.8, 4) is 17.3 Å². The van der Waals surface area contributed by atoms with Crippen LogP contribution in [0.15, 0.2) is 36.4 Å². The van der Waals surface area contributed by atoms with Crippen molar-refractivity contribution in [1.29, 1.82) is 0 Å². The fourth-order valence-corrected chi connectivity index (χ4v) is 5.83. The number of halogens is 1. The lowest BCUT2D eigenvalue weighted by atomic mass is 9.71. The Morgan fingerprint density at radius 2 is 1.81 bits per heavy atom. The van der Waals surface area contributed by atoms with Gasteiger partial charge in [0.05, 0.1) is 22.2 Å². The number of imidazole rings is 1. The van der Waals surface area contributed by atoms with Gasteiger partial charge in [0.2, 0.25) is 0 Å². The van der Waals surface area contributed by atoms with E-state index in [1.165, 1.54) is 5.57 Å². The minimum absolute atomic E-state index is 0.0592. The summed E-state index contributed by atoms with van der Waals surface area (Å²) in [5, 5.41) is 19.4. The van der Waals surface area contributed by atoms with Crippen LogP contribution >= 0.6 is 11.6 Å². The summed E-state index contributed by atoms with van der Waals surface area (Å²) in [5.74, 6) is -0.504. The van der Waals surface area contributed by atoms with Gasteiger partial charge in [-0.1, -0.05) is 55.8 Å². The van der Waals surface area contributed by atoms with Crippen LogP contribution in [0.25, 0.3) is 28.0 Å². The third-order valence-corrected chi connectivity index (χ3v) is 8.45. The first-order valence-electron chi connectivity index (χ1n) is 13.1. The fourth-order valence-electron chi connectivity index (χ4n) is 5.57. The van der Waals surface area contributed by atoms with E-state index in [4.69, 9.17) is 21.3 Å². The second kappa shape index (κ2) is 10.5. The first-order valence-corrected chi connectivity index (χ1v) is 13.5. The minimum atomic E-state index is -0.719. The number of allylic oxidation sites excluding steroid dienone is 2. The molecule has 2 aliphatic rings. The first-order chi connectivity index (χ1) is 17.7. The molecule has 2 aliphatic carbocycles. The molecule has 0 amide bonds. The topological polar surface area (TPSA) is 108 Å². The molecule has 3 aromatic rings. The summed E-state index contributed by atoms with van der Waals surface area (Å²) in [6, 6.07) is 10.4. The summed E-state index contributed by atoms with van der Waals surface area (Å²) in [6.07, 6.45) is 8.06. The van der Waals surface area contributed by atoms with Crippen LogP contribution in [0, 0.1) is 17.3 Å². The van der Waals surface area contributed by atoms with Crippen molar-refractivity contribution in [1.82, 2.24) is 15.0 Å². The monoisotopic (exact) mass is 523 g/mol. The molecular weight excluding hydrogens is 490 g/mol. The zero-order chi connectivity index (χ0) is 26.2. The number of rotatable bonds is 7. The van der Waals surface area contributed by atoms with Crippen molar-refractivity contribution in [2.24, 2.45) is 17.3 Å². The summed E-state index contributed by atoms with van der Waals surface area (Å²) in [4.78, 5) is 23.7. The number of carbonyl (C=O) groups is 1. The number of hydrogen-bond donors (Lipinski definition) is 3. The zero-order valence-corrected chi connectivity index (χ0v) is 22.1. The number of nitrogens with one attached hydrogen (secondary N) is 1. The van der Waals surface area contributed by atoms with E-state index in [1.54, 1.807) is 0 Å². The van der Waals surface area contributed by atoms with Gasteiger partial charge >= 0.3 is 5.97 Å². The molecule has 5 rings (SSSR count). The van der Waals surface area contributed by atoms with Crippen LogP contribution in [0.1, 0.15) is 64.4 Å². The van der Waals surface area contributed by atoms with Crippen LogP contribution in [0.3, 0.4) is 0 Å². The third-order valence-electron chi connectivity index (χ3n) is 8.16. The van der Waals surface area contributed by atoms with Gasteiger partial charge in [-0.15, -0.1) is 0 Å². The molecule has 3 N–H and O–H groups in total. The largest absolute Gasteiger partial charge is 0.481 e. The van der Waals surface area contributed by atoms with Gasteiger partial charge in [0, 0.05) is 12.2 Å². The van der Waals surface area contributed by atoms with Crippen LogP contribution < -0.4 is 4.74 Å². The van der Waals surface area contributed by atoms with Gasteiger partial charge in [0.15, 0.2) is 5.65 Å². The lowest BCUT2D eigenvalue weighted by Gasteiger charge is -2.37. The summed E-state index contributed by atoms with van der Waals surface area (Å²) in [7, 11) is 0. The Hall–Kier alpha value is -2.90. The van der Waals surface area contributed by atoms with Crippen LogP contribution in [0.2, 0.25) is 5.02 Å². The maximum Gasteiger partial charge on any atom is 0.306 e.